The molecule has 0 saturated heterocycles. The molecule has 2 rings (SSSR count). The molecule has 2 aromatic rings. The minimum atomic E-state index is -1.07. The van der Waals surface area contributed by atoms with Crippen LogP contribution in [0, 0.1) is 13.8 Å². The maximum absolute atomic E-state index is 11.9. The van der Waals surface area contributed by atoms with Crippen molar-refractivity contribution in [3.8, 4) is 0 Å². The van der Waals surface area contributed by atoms with Crippen LogP contribution in [-0.4, -0.2) is 17.1 Å². The monoisotopic (exact) mass is 304 g/mol. The van der Waals surface area contributed by atoms with Gasteiger partial charge in [-0.1, -0.05) is 11.6 Å². The minimum absolute atomic E-state index is 0.0804. The summed E-state index contributed by atoms with van der Waals surface area (Å²) in [5.74, 6) is -1.07. The van der Waals surface area contributed by atoms with E-state index in [-0.39, 0.29) is 11.3 Å². The number of carbonyl (C=O) groups is 2. The maximum Gasteiger partial charge on any atom is 0.337 e. The Morgan fingerprint density at radius 2 is 2.00 bits per heavy atom. The van der Waals surface area contributed by atoms with Crippen molar-refractivity contribution in [2.75, 3.05) is 5.32 Å². The molecule has 0 saturated carbocycles. The van der Waals surface area contributed by atoms with E-state index in [9.17, 15) is 9.59 Å². The van der Waals surface area contributed by atoms with Crippen LogP contribution in [0.1, 0.15) is 27.0 Å². The van der Waals surface area contributed by atoms with Gasteiger partial charge in [0.15, 0.2) is 0 Å². The number of benzene rings is 1. The standard InChI is InChI=1S/C15H16N2O3S/c1-9-3-4-13(12(5-9)14(18)19)17-15(20)16-6-11-8-21-7-10(11)2/h3-5,7-8H,6H2,1-2H3,(H,18,19)(H2,16,17,20). The van der Waals surface area contributed by atoms with E-state index in [4.69, 9.17) is 5.11 Å². The predicted octanol–water partition coefficient (Wildman–Crippen LogP) is 3.38. The normalized spacial score (nSPS) is 10.2. The van der Waals surface area contributed by atoms with E-state index in [0.29, 0.717) is 6.54 Å². The van der Waals surface area contributed by atoms with Crippen LogP contribution in [0.3, 0.4) is 0 Å². The van der Waals surface area contributed by atoms with Gasteiger partial charge < -0.3 is 15.7 Å². The van der Waals surface area contributed by atoms with Crippen molar-refractivity contribution in [2.45, 2.75) is 20.4 Å². The first kappa shape index (κ1) is 15.1. The molecule has 6 heteroatoms. The Kier molecular flexibility index (Phi) is 4.59. The van der Waals surface area contributed by atoms with Crippen molar-refractivity contribution in [3.63, 3.8) is 0 Å². The number of nitrogens with one attached hydrogen (secondary N) is 2. The molecule has 0 bridgehead atoms. The molecule has 110 valence electrons. The van der Waals surface area contributed by atoms with Gasteiger partial charge in [0.25, 0.3) is 0 Å². The van der Waals surface area contributed by atoms with E-state index in [2.05, 4.69) is 10.6 Å². The van der Waals surface area contributed by atoms with Gasteiger partial charge >= 0.3 is 12.0 Å². The molecule has 0 radical (unpaired) electrons. The van der Waals surface area contributed by atoms with Gasteiger partial charge in [0.2, 0.25) is 0 Å². The van der Waals surface area contributed by atoms with E-state index >= 15 is 0 Å². The van der Waals surface area contributed by atoms with Gasteiger partial charge in [-0.3, -0.25) is 0 Å². The molecule has 5 nitrogen and oxygen atoms in total. The van der Waals surface area contributed by atoms with Crippen LogP contribution in [0.25, 0.3) is 0 Å². The summed E-state index contributed by atoms with van der Waals surface area (Å²) in [6.45, 7) is 4.19. The highest BCUT2D eigenvalue weighted by Crippen LogP contribution is 2.17. The van der Waals surface area contributed by atoms with Crippen LogP contribution in [0.5, 0.6) is 0 Å². The minimum Gasteiger partial charge on any atom is -0.478 e. The molecule has 2 amide bonds. The summed E-state index contributed by atoms with van der Waals surface area (Å²) in [5.41, 5.74) is 3.37. The van der Waals surface area contributed by atoms with Gasteiger partial charge in [-0.15, -0.1) is 0 Å². The molecule has 0 spiro atoms. The Bertz CT molecular complexity index is 679. The molecule has 21 heavy (non-hydrogen) atoms. The number of thiophene rings is 1. The molecule has 0 atom stereocenters. The lowest BCUT2D eigenvalue weighted by molar-refractivity contribution is 0.0698. The average Bonchev–Trinajstić information content (AvgIpc) is 2.84. The Morgan fingerprint density at radius 3 is 2.62 bits per heavy atom. The first-order chi connectivity index (χ1) is 9.97. The second-order valence-electron chi connectivity index (χ2n) is 4.74. The van der Waals surface area contributed by atoms with E-state index < -0.39 is 12.0 Å². The highest BCUT2D eigenvalue weighted by molar-refractivity contribution is 7.08. The third-order valence-corrected chi connectivity index (χ3v) is 3.96. The maximum atomic E-state index is 11.9. The lowest BCUT2D eigenvalue weighted by atomic mass is 10.1. The van der Waals surface area contributed by atoms with Crippen LogP contribution in [0.4, 0.5) is 10.5 Å². The zero-order valence-electron chi connectivity index (χ0n) is 11.8. The number of aromatic carboxylic acids is 1. The van der Waals surface area contributed by atoms with E-state index in [1.165, 1.54) is 6.07 Å². The van der Waals surface area contributed by atoms with E-state index in [0.717, 1.165) is 16.7 Å². The highest BCUT2D eigenvalue weighted by Gasteiger charge is 2.12. The topological polar surface area (TPSA) is 78.4 Å². The molecular formula is C15H16N2O3S. The Balaban J connectivity index is 2.03. The van der Waals surface area contributed by atoms with Crippen molar-refractivity contribution in [1.82, 2.24) is 5.32 Å². The fourth-order valence-electron chi connectivity index (χ4n) is 1.85. The summed E-state index contributed by atoms with van der Waals surface area (Å²) in [6.07, 6.45) is 0. The predicted molar refractivity (Wildman–Crippen MR) is 83.1 cm³/mol. The summed E-state index contributed by atoms with van der Waals surface area (Å²) in [6, 6.07) is 4.45. The molecule has 0 fully saturated rings. The lowest BCUT2D eigenvalue weighted by Crippen LogP contribution is -2.29. The van der Waals surface area contributed by atoms with Gasteiger partial charge in [0.05, 0.1) is 11.3 Å². The number of aryl methyl sites for hydroxylation is 2. The SMILES string of the molecule is Cc1ccc(NC(=O)NCc2cscc2C)c(C(=O)O)c1. The van der Waals surface area contributed by atoms with Gasteiger partial charge in [-0.25, -0.2) is 9.59 Å². The van der Waals surface area contributed by atoms with Crippen LogP contribution >= 0.6 is 11.3 Å². The molecule has 0 aliphatic heterocycles. The Hall–Kier alpha value is -2.34. The zero-order valence-corrected chi connectivity index (χ0v) is 12.6. The average molecular weight is 304 g/mol. The number of anilines is 1. The van der Waals surface area contributed by atoms with Crippen molar-refractivity contribution >= 4 is 29.0 Å². The van der Waals surface area contributed by atoms with Gasteiger partial charge in [0.1, 0.15) is 0 Å². The van der Waals surface area contributed by atoms with Crippen LogP contribution < -0.4 is 10.6 Å². The largest absolute Gasteiger partial charge is 0.478 e. The first-order valence-corrected chi connectivity index (χ1v) is 7.32. The number of hydrogen-bond acceptors (Lipinski definition) is 3. The van der Waals surface area contributed by atoms with E-state index in [1.807, 2.05) is 17.7 Å². The summed E-state index contributed by atoms with van der Waals surface area (Å²) in [7, 11) is 0. The zero-order chi connectivity index (χ0) is 15.4. The smallest absolute Gasteiger partial charge is 0.337 e. The van der Waals surface area contributed by atoms with Crippen molar-refractivity contribution in [1.29, 1.82) is 0 Å². The summed E-state index contributed by atoms with van der Waals surface area (Å²) in [4.78, 5) is 23.0. The number of hydrogen-bond donors (Lipinski definition) is 3. The molecule has 0 unspecified atom stereocenters. The second-order valence-corrected chi connectivity index (χ2v) is 5.49. The first-order valence-electron chi connectivity index (χ1n) is 6.38. The molecule has 1 aromatic carbocycles. The quantitative estimate of drug-likeness (QED) is 0.810. The fourth-order valence-corrected chi connectivity index (χ4v) is 2.71. The van der Waals surface area contributed by atoms with E-state index in [1.54, 1.807) is 30.4 Å². The molecular weight excluding hydrogens is 288 g/mol. The molecule has 1 aromatic heterocycles. The van der Waals surface area contributed by atoms with Crippen LogP contribution in [-0.2, 0) is 6.54 Å². The van der Waals surface area contributed by atoms with Gasteiger partial charge in [0, 0.05) is 6.54 Å². The third kappa shape index (κ3) is 3.82. The lowest BCUT2D eigenvalue weighted by Gasteiger charge is -2.10. The van der Waals surface area contributed by atoms with Crippen molar-refractivity contribution in [2.24, 2.45) is 0 Å². The number of carboxylic acids is 1. The summed E-state index contributed by atoms with van der Waals surface area (Å²) >= 11 is 1.58. The third-order valence-electron chi connectivity index (χ3n) is 3.05. The Labute approximate surface area is 126 Å². The number of carboxylic acid groups (broad SMARTS) is 1. The number of rotatable bonds is 4. The Morgan fingerprint density at radius 1 is 1.24 bits per heavy atom. The number of carbonyl (C=O) groups excluding carboxylic acids is 1. The number of urea groups is 1. The summed E-state index contributed by atoms with van der Waals surface area (Å²) in [5, 5.41) is 18.4. The summed E-state index contributed by atoms with van der Waals surface area (Å²) < 4.78 is 0. The van der Waals surface area contributed by atoms with Crippen LogP contribution in [0.15, 0.2) is 29.0 Å². The van der Waals surface area contributed by atoms with Crippen LogP contribution in [0.2, 0.25) is 0 Å². The van der Waals surface area contributed by atoms with Gasteiger partial charge in [-0.2, -0.15) is 11.3 Å². The van der Waals surface area contributed by atoms with Crippen molar-refractivity contribution in [3.05, 3.63) is 51.2 Å². The second kappa shape index (κ2) is 6.41. The van der Waals surface area contributed by atoms with Gasteiger partial charge in [-0.05, 0) is 47.9 Å². The molecule has 0 aliphatic carbocycles. The highest BCUT2D eigenvalue weighted by atomic mass is 32.1. The molecule has 0 aliphatic rings. The van der Waals surface area contributed by atoms with Crippen molar-refractivity contribution < 1.29 is 14.7 Å². The fraction of sp³-hybridized carbons (Fsp3) is 0.200. The molecule has 3 N–H and O–H groups in total. The molecule has 1 heterocycles. The number of amides is 2.